The standard InChI is InChI=1S/C19H19F2NO3/c1-25-13-3-5-14(17(21)9-13)12-2-4-15(16(20)8-12)18(24)22-10-19(11-23)6-7-19/h2-5,8-9,23H,6-7,10-11H2,1H3,(H,22,24). The van der Waals surface area contributed by atoms with Crippen LogP contribution in [0.25, 0.3) is 11.1 Å². The molecule has 6 heteroatoms. The molecule has 132 valence electrons. The lowest BCUT2D eigenvalue weighted by Gasteiger charge is -2.13. The summed E-state index contributed by atoms with van der Waals surface area (Å²) in [5.74, 6) is -1.43. The van der Waals surface area contributed by atoms with Crippen molar-refractivity contribution < 1.29 is 23.4 Å². The molecule has 0 spiro atoms. The van der Waals surface area contributed by atoms with E-state index in [4.69, 9.17) is 4.74 Å². The Morgan fingerprint density at radius 3 is 2.52 bits per heavy atom. The fourth-order valence-electron chi connectivity index (χ4n) is 2.65. The molecule has 0 bridgehead atoms. The van der Waals surface area contributed by atoms with Crippen LogP contribution in [-0.4, -0.2) is 31.3 Å². The van der Waals surface area contributed by atoms with Crippen LogP contribution in [0.1, 0.15) is 23.2 Å². The Hall–Kier alpha value is -2.47. The lowest BCUT2D eigenvalue weighted by atomic mass is 10.0. The van der Waals surface area contributed by atoms with E-state index in [0.29, 0.717) is 17.9 Å². The summed E-state index contributed by atoms with van der Waals surface area (Å²) in [6.07, 6.45) is 1.70. The summed E-state index contributed by atoms with van der Waals surface area (Å²) in [4.78, 5) is 12.1. The number of amides is 1. The van der Waals surface area contributed by atoms with Crippen LogP contribution in [0.4, 0.5) is 8.78 Å². The van der Waals surface area contributed by atoms with Crippen molar-refractivity contribution in [2.45, 2.75) is 12.8 Å². The molecule has 2 N–H and O–H groups in total. The van der Waals surface area contributed by atoms with Crippen LogP contribution in [0.3, 0.4) is 0 Å². The molecular formula is C19H19F2NO3. The first-order valence-corrected chi connectivity index (χ1v) is 8.00. The van der Waals surface area contributed by atoms with Crippen molar-refractivity contribution >= 4 is 5.91 Å². The number of hydrogen-bond donors (Lipinski definition) is 2. The zero-order valence-corrected chi connectivity index (χ0v) is 13.8. The molecule has 0 atom stereocenters. The Balaban J connectivity index is 1.77. The van der Waals surface area contributed by atoms with Crippen LogP contribution >= 0.6 is 0 Å². The molecule has 1 aliphatic rings. The van der Waals surface area contributed by atoms with Crippen LogP contribution in [0.5, 0.6) is 5.75 Å². The average molecular weight is 347 g/mol. The Kier molecular flexibility index (Phi) is 4.72. The van der Waals surface area contributed by atoms with E-state index in [1.165, 1.54) is 31.4 Å². The second kappa shape index (κ2) is 6.80. The zero-order valence-electron chi connectivity index (χ0n) is 13.8. The van der Waals surface area contributed by atoms with E-state index < -0.39 is 17.5 Å². The number of methoxy groups -OCH3 is 1. The minimum Gasteiger partial charge on any atom is -0.497 e. The highest BCUT2D eigenvalue weighted by molar-refractivity contribution is 5.95. The Morgan fingerprint density at radius 2 is 1.96 bits per heavy atom. The van der Waals surface area contributed by atoms with E-state index in [-0.39, 0.29) is 23.1 Å². The van der Waals surface area contributed by atoms with E-state index >= 15 is 0 Å². The molecular weight excluding hydrogens is 328 g/mol. The van der Waals surface area contributed by atoms with Crippen molar-refractivity contribution in [3.8, 4) is 16.9 Å². The highest BCUT2D eigenvalue weighted by Crippen LogP contribution is 2.44. The number of rotatable bonds is 6. The van der Waals surface area contributed by atoms with E-state index in [1.807, 2.05) is 0 Å². The third-order valence-electron chi connectivity index (χ3n) is 4.62. The second-order valence-electron chi connectivity index (χ2n) is 6.38. The first-order chi connectivity index (χ1) is 12.0. The molecule has 1 amide bonds. The molecule has 0 radical (unpaired) electrons. The van der Waals surface area contributed by atoms with Gasteiger partial charge in [0.25, 0.3) is 5.91 Å². The van der Waals surface area contributed by atoms with E-state index in [0.717, 1.165) is 18.9 Å². The van der Waals surface area contributed by atoms with Gasteiger partial charge in [0, 0.05) is 23.6 Å². The second-order valence-corrected chi connectivity index (χ2v) is 6.38. The largest absolute Gasteiger partial charge is 0.497 e. The molecule has 0 aromatic heterocycles. The number of carbonyl (C=O) groups excluding carboxylic acids is 1. The molecule has 1 aliphatic carbocycles. The maximum absolute atomic E-state index is 14.3. The van der Waals surface area contributed by atoms with Crippen molar-refractivity contribution in [2.24, 2.45) is 5.41 Å². The van der Waals surface area contributed by atoms with Gasteiger partial charge in [-0.15, -0.1) is 0 Å². The summed E-state index contributed by atoms with van der Waals surface area (Å²) in [7, 11) is 1.43. The molecule has 4 nitrogen and oxygen atoms in total. The van der Waals surface area contributed by atoms with Crippen LogP contribution in [0.15, 0.2) is 36.4 Å². The van der Waals surface area contributed by atoms with Crippen LogP contribution in [-0.2, 0) is 0 Å². The molecule has 1 fully saturated rings. The van der Waals surface area contributed by atoms with Crippen molar-refractivity contribution in [3.05, 3.63) is 53.6 Å². The maximum atomic E-state index is 14.3. The molecule has 1 saturated carbocycles. The molecule has 3 rings (SSSR count). The summed E-state index contributed by atoms with van der Waals surface area (Å²) < 4.78 is 33.4. The van der Waals surface area contributed by atoms with Gasteiger partial charge in [0.15, 0.2) is 0 Å². The van der Waals surface area contributed by atoms with Gasteiger partial charge in [-0.05, 0) is 42.7 Å². The SMILES string of the molecule is COc1ccc(-c2ccc(C(=O)NCC3(CO)CC3)c(F)c2)c(F)c1. The molecule has 0 heterocycles. The normalized spacial score (nSPS) is 14.9. The highest BCUT2D eigenvalue weighted by atomic mass is 19.1. The van der Waals surface area contributed by atoms with Gasteiger partial charge in [0.2, 0.25) is 0 Å². The number of halogens is 2. The smallest absolute Gasteiger partial charge is 0.254 e. The number of benzene rings is 2. The number of aliphatic hydroxyl groups excluding tert-OH is 1. The highest BCUT2D eigenvalue weighted by Gasteiger charge is 2.42. The average Bonchev–Trinajstić information content (AvgIpc) is 3.40. The van der Waals surface area contributed by atoms with Gasteiger partial charge in [-0.3, -0.25) is 4.79 Å². The Labute approximate surface area is 144 Å². The lowest BCUT2D eigenvalue weighted by molar-refractivity contribution is 0.0931. The number of aliphatic hydroxyl groups is 1. The number of hydrogen-bond acceptors (Lipinski definition) is 3. The van der Waals surface area contributed by atoms with Gasteiger partial charge in [-0.2, -0.15) is 0 Å². The Bertz CT molecular complexity index is 803. The van der Waals surface area contributed by atoms with Gasteiger partial charge in [-0.1, -0.05) is 6.07 Å². The van der Waals surface area contributed by atoms with Crippen LogP contribution in [0, 0.1) is 17.0 Å². The van der Waals surface area contributed by atoms with Crippen LogP contribution in [0.2, 0.25) is 0 Å². The lowest BCUT2D eigenvalue weighted by Crippen LogP contribution is -2.32. The monoisotopic (exact) mass is 347 g/mol. The van der Waals surface area contributed by atoms with Crippen molar-refractivity contribution in [2.75, 3.05) is 20.3 Å². The number of nitrogens with one attached hydrogen (secondary N) is 1. The molecule has 0 aliphatic heterocycles. The molecule has 25 heavy (non-hydrogen) atoms. The quantitative estimate of drug-likeness (QED) is 0.844. The molecule has 2 aromatic rings. The molecule has 0 unspecified atom stereocenters. The van der Waals surface area contributed by atoms with Gasteiger partial charge in [-0.25, -0.2) is 8.78 Å². The minimum atomic E-state index is -0.723. The minimum absolute atomic E-state index is 0.00540. The summed E-state index contributed by atoms with van der Waals surface area (Å²) in [5.41, 5.74) is 0.205. The van der Waals surface area contributed by atoms with Gasteiger partial charge in [0.1, 0.15) is 17.4 Å². The molecule has 0 saturated heterocycles. The van der Waals surface area contributed by atoms with Crippen molar-refractivity contribution in [1.82, 2.24) is 5.32 Å². The number of carbonyl (C=O) groups is 1. The van der Waals surface area contributed by atoms with E-state index in [9.17, 15) is 18.7 Å². The Morgan fingerprint density at radius 1 is 1.20 bits per heavy atom. The first kappa shape index (κ1) is 17.4. The predicted molar refractivity (Wildman–Crippen MR) is 89.4 cm³/mol. The van der Waals surface area contributed by atoms with Crippen LogP contribution < -0.4 is 10.1 Å². The summed E-state index contributed by atoms with van der Waals surface area (Å²) in [5, 5.41) is 11.9. The van der Waals surface area contributed by atoms with Gasteiger partial charge in [0.05, 0.1) is 19.3 Å². The predicted octanol–water partition coefficient (Wildman–Crippen LogP) is 3.14. The topological polar surface area (TPSA) is 58.6 Å². The maximum Gasteiger partial charge on any atom is 0.254 e. The van der Waals surface area contributed by atoms with Gasteiger partial charge >= 0.3 is 0 Å². The third-order valence-corrected chi connectivity index (χ3v) is 4.62. The zero-order chi connectivity index (χ0) is 18.0. The molecule has 2 aromatic carbocycles. The van der Waals surface area contributed by atoms with Gasteiger partial charge < -0.3 is 15.2 Å². The summed E-state index contributed by atoms with van der Waals surface area (Å²) >= 11 is 0. The summed E-state index contributed by atoms with van der Waals surface area (Å²) in [6, 6.07) is 8.28. The van der Waals surface area contributed by atoms with E-state index in [2.05, 4.69) is 5.32 Å². The number of ether oxygens (including phenoxy) is 1. The fraction of sp³-hybridized carbons (Fsp3) is 0.316. The first-order valence-electron chi connectivity index (χ1n) is 8.00. The third kappa shape index (κ3) is 3.64. The fourth-order valence-corrected chi connectivity index (χ4v) is 2.65. The van der Waals surface area contributed by atoms with Crippen molar-refractivity contribution in [3.63, 3.8) is 0 Å². The van der Waals surface area contributed by atoms with Crippen molar-refractivity contribution in [1.29, 1.82) is 0 Å². The van der Waals surface area contributed by atoms with E-state index in [1.54, 1.807) is 6.07 Å². The summed E-state index contributed by atoms with van der Waals surface area (Å²) in [6.45, 7) is 0.322.